The first-order valence-corrected chi connectivity index (χ1v) is 12.5. The maximum Gasteiger partial charge on any atom is 0.341 e. The second kappa shape index (κ2) is 11.8. The van der Waals surface area contributed by atoms with Gasteiger partial charge >= 0.3 is 5.97 Å². The van der Waals surface area contributed by atoms with E-state index in [0.29, 0.717) is 28.0 Å². The molecule has 3 rings (SSSR count). The van der Waals surface area contributed by atoms with Crippen LogP contribution in [0.5, 0.6) is 5.75 Å². The molecule has 12 heteroatoms. The van der Waals surface area contributed by atoms with Gasteiger partial charge in [-0.3, -0.25) is 9.59 Å². The number of carbonyl (C=O) groups is 3. The second-order valence-electron chi connectivity index (χ2n) is 7.53. The topological polar surface area (TPSA) is 116 Å². The standard InChI is InChI=1S/C23H27N5O5S2/c1-6-28-16(12-33-15-10-8-7-9-11-15)25-26-23(28)34-13-17(29)24-20-18(22(31)32-5)14(2)19(35-20)21(30)27(3)4/h7-11H,6,12-13H2,1-5H3,(H,24,29). The Morgan fingerprint density at radius 1 is 1.17 bits per heavy atom. The summed E-state index contributed by atoms with van der Waals surface area (Å²) >= 11 is 2.27. The number of ether oxygens (including phenoxy) is 2. The highest BCUT2D eigenvalue weighted by Crippen LogP contribution is 2.34. The van der Waals surface area contributed by atoms with E-state index in [9.17, 15) is 14.4 Å². The number of thioether (sulfide) groups is 1. The van der Waals surface area contributed by atoms with Crippen molar-refractivity contribution in [2.75, 3.05) is 32.3 Å². The summed E-state index contributed by atoms with van der Waals surface area (Å²) in [4.78, 5) is 39.4. The van der Waals surface area contributed by atoms with Crippen molar-refractivity contribution in [3.63, 3.8) is 0 Å². The average molecular weight is 518 g/mol. The lowest BCUT2D eigenvalue weighted by Gasteiger charge is -2.09. The van der Waals surface area contributed by atoms with Crippen LogP contribution in [0.2, 0.25) is 0 Å². The molecule has 2 aromatic heterocycles. The van der Waals surface area contributed by atoms with Crippen LogP contribution < -0.4 is 10.1 Å². The van der Waals surface area contributed by atoms with E-state index in [2.05, 4.69) is 15.5 Å². The van der Waals surface area contributed by atoms with Crippen LogP contribution in [-0.2, 0) is 22.7 Å². The lowest BCUT2D eigenvalue weighted by molar-refractivity contribution is -0.113. The van der Waals surface area contributed by atoms with Gasteiger partial charge in [-0.1, -0.05) is 30.0 Å². The lowest BCUT2D eigenvalue weighted by Crippen LogP contribution is -2.21. The normalized spacial score (nSPS) is 10.7. The van der Waals surface area contributed by atoms with Gasteiger partial charge in [0.05, 0.1) is 23.3 Å². The fourth-order valence-electron chi connectivity index (χ4n) is 3.16. The third-order valence-electron chi connectivity index (χ3n) is 4.94. The highest BCUT2D eigenvalue weighted by Gasteiger charge is 2.27. The summed E-state index contributed by atoms with van der Waals surface area (Å²) < 4.78 is 12.5. The minimum atomic E-state index is -0.617. The smallest absolute Gasteiger partial charge is 0.341 e. The lowest BCUT2D eigenvalue weighted by atomic mass is 10.1. The van der Waals surface area contributed by atoms with Gasteiger partial charge in [-0.25, -0.2) is 4.79 Å². The molecule has 0 aliphatic heterocycles. The van der Waals surface area contributed by atoms with Gasteiger partial charge in [0, 0.05) is 20.6 Å². The van der Waals surface area contributed by atoms with Crippen molar-refractivity contribution in [3.05, 3.63) is 52.2 Å². The molecule has 0 aliphatic rings. The second-order valence-corrected chi connectivity index (χ2v) is 9.50. The van der Waals surface area contributed by atoms with Crippen LogP contribution in [-0.4, -0.2) is 64.4 Å². The molecule has 0 atom stereocenters. The Balaban J connectivity index is 1.69. The van der Waals surface area contributed by atoms with Crippen molar-refractivity contribution in [2.24, 2.45) is 0 Å². The summed E-state index contributed by atoms with van der Waals surface area (Å²) in [5.41, 5.74) is 0.649. The number of carbonyl (C=O) groups excluding carboxylic acids is 3. The number of anilines is 1. The van der Waals surface area contributed by atoms with Crippen LogP contribution in [0.15, 0.2) is 35.5 Å². The van der Waals surface area contributed by atoms with E-state index in [1.54, 1.807) is 21.0 Å². The molecule has 1 aromatic carbocycles. The molecule has 3 aromatic rings. The largest absolute Gasteiger partial charge is 0.486 e. The number of esters is 1. The van der Waals surface area contributed by atoms with Gasteiger partial charge in [-0.2, -0.15) is 0 Å². The monoisotopic (exact) mass is 517 g/mol. The number of nitrogens with one attached hydrogen (secondary N) is 1. The highest BCUT2D eigenvalue weighted by molar-refractivity contribution is 7.99. The minimum Gasteiger partial charge on any atom is -0.486 e. The van der Waals surface area contributed by atoms with Gasteiger partial charge in [0.25, 0.3) is 5.91 Å². The summed E-state index contributed by atoms with van der Waals surface area (Å²) in [7, 11) is 4.50. The molecular weight excluding hydrogens is 490 g/mol. The molecule has 186 valence electrons. The zero-order chi connectivity index (χ0) is 25.5. The predicted octanol–water partition coefficient (Wildman–Crippen LogP) is 3.47. The molecule has 0 unspecified atom stereocenters. The number of methoxy groups -OCH3 is 1. The van der Waals surface area contributed by atoms with Crippen LogP contribution in [0.3, 0.4) is 0 Å². The van der Waals surface area contributed by atoms with Crippen molar-refractivity contribution in [2.45, 2.75) is 32.2 Å². The molecule has 0 bridgehead atoms. The van der Waals surface area contributed by atoms with Gasteiger partial charge in [0.2, 0.25) is 5.91 Å². The maximum atomic E-state index is 12.7. The number of hydrogen-bond acceptors (Lipinski definition) is 9. The SMILES string of the molecule is CCn1c(COc2ccccc2)nnc1SCC(=O)Nc1sc(C(=O)N(C)C)c(C)c1C(=O)OC. The van der Waals surface area contributed by atoms with E-state index in [1.165, 1.54) is 23.8 Å². The van der Waals surface area contributed by atoms with Gasteiger partial charge in [0.15, 0.2) is 11.0 Å². The first kappa shape index (κ1) is 26.2. The van der Waals surface area contributed by atoms with Crippen LogP contribution in [0, 0.1) is 6.92 Å². The number of thiophene rings is 1. The van der Waals surface area contributed by atoms with E-state index in [-0.39, 0.29) is 34.7 Å². The Hall–Kier alpha value is -3.38. The van der Waals surface area contributed by atoms with E-state index >= 15 is 0 Å². The van der Waals surface area contributed by atoms with E-state index in [0.717, 1.165) is 17.1 Å². The van der Waals surface area contributed by atoms with Crippen LogP contribution in [0.1, 0.15) is 38.3 Å². The zero-order valence-electron chi connectivity index (χ0n) is 20.2. The van der Waals surface area contributed by atoms with Gasteiger partial charge in [0.1, 0.15) is 17.4 Å². The molecule has 0 radical (unpaired) electrons. The van der Waals surface area contributed by atoms with E-state index in [1.807, 2.05) is 41.8 Å². The molecular formula is C23H27N5O5S2. The molecule has 0 saturated heterocycles. The van der Waals surface area contributed by atoms with Gasteiger partial charge in [-0.05, 0) is 31.5 Å². The molecule has 0 spiro atoms. The molecule has 2 amide bonds. The Kier molecular flexibility index (Phi) is 8.88. The van der Waals surface area contributed by atoms with E-state index < -0.39 is 5.97 Å². The summed E-state index contributed by atoms with van der Waals surface area (Å²) in [6.45, 7) is 4.47. The number of para-hydroxylation sites is 1. The zero-order valence-corrected chi connectivity index (χ0v) is 21.8. The van der Waals surface area contributed by atoms with Crippen molar-refractivity contribution >= 4 is 45.9 Å². The summed E-state index contributed by atoms with van der Waals surface area (Å²) in [5, 5.41) is 12.0. The molecule has 0 aliphatic carbocycles. The Bertz CT molecular complexity index is 1210. The Morgan fingerprint density at radius 2 is 1.89 bits per heavy atom. The summed E-state index contributed by atoms with van der Waals surface area (Å²) in [6.07, 6.45) is 0. The van der Waals surface area contributed by atoms with Gasteiger partial charge < -0.3 is 24.3 Å². The van der Waals surface area contributed by atoms with Gasteiger partial charge in [-0.15, -0.1) is 21.5 Å². The quantitative estimate of drug-likeness (QED) is 0.321. The van der Waals surface area contributed by atoms with E-state index in [4.69, 9.17) is 9.47 Å². The Labute approximate surface area is 211 Å². The molecule has 10 nitrogen and oxygen atoms in total. The molecule has 0 fully saturated rings. The Morgan fingerprint density at radius 3 is 2.51 bits per heavy atom. The number of hydrogen-bond donors (Lipinski definition) is 1. The van der Waals surface area contributed by atoms with Crippen LogP contribution in [0.4, 0.5) is 5.00 Å². The fourth-order valence-corrected chi connectivity index (χ4v) is 5.22. The number of nitrogens with zero attached hydrogens (tertiary/aromatic N) is 4. The molecule has 35 heavy (non-hydrogen) atoms. The van der Waals surface area contributed by atoms with Crippen LogP contribution >= 0.6 is 23.1 Å². The van der Waals surface area contributed by atoms with Crippen molar-refractivity contribution in [1.29, 1.82) is 0 Å². The van der Waals surface area contributed by atoms with Crippen LogP contribution in [0.25, 0.3) is 0 Å². The third-order valence-corrected chi connectivity index (χ3v) is 7.10. The first-order chi connectivity index (χ1) is 16.8. The number of aromatic nitrogens is 3. The molecule has 1 N–H and O–H groups in total. The number of amides is 2. The van der Waals surface area contributed by atoms with Crippen molar-refractivity contribution < 1.29 is 23.9 Å². The molecule has 0 saturated carbocycles. The highest BCUT2D eigenvalue weighted by atomic mass is 32.2. The predicted molar refractivity (Wildman–Crippen MR) is 134 cm³/mol. The number of rotatable bonds is 10. The maximum absolute atomic E-state index is 12.7. The fraction of sp³-hybridized carbons (Fsp3) is 0.348. The van der Waals surface area contributed by atoms with Crippen molar-refractivity contribution in [3.8, 4) is 5.75 Å². The summed E-state index contributed by atoms with van der Waals surface area (Å²) in [5.74, 6) is 0.186. The summed E-state index contributed by atoms with van der Waals surface area (Å²) in [6, 6.07) is 9.41. The first-order valence-electron chi connectivity index (χ1n) is 10.7. The number of benzene rings is 1. The minimum absolute atomic E-state index is 0.0339. The third kappa shape index (κ3) is 6.20. The van der Waals surface area contributed by atoms with Crippen molar-refractivity contribution in [1.82, 2.24) is 19.7 Å². The average Bonchev–Trinajstić information content (AvgIpc) is 3.40. The molecule has 2 heterocycles.